The van der Waals surface area contributed by atoms with Crippen molar-refractivity contribution in [3.05, 3.63) is 0 Å². The van der Waals surface area contributed by atoms with E-state index in [1.165, 1.54) is 6.92 Å². The van der Waals surface area contributed by atoms with Gasteiger partial charge in [-0.2, -0.15) is 0 Å². The van der Waals surface area contributed by atoms with Gasteiger partial charge in [0.05, 0.1) is 38.1 Å². The SMILES string of the molecule is C[C@@H](CCC1(O)O[C@H]2C[C@H]3[C@@H]4CCC5C[C@@H](O[C@@H]6O[C@H](CO)[C@@H](O[C@@H]7O[C@@H](C)[C@H](O)[C@@H](O)[C@H]7O)[C@H](O)[C@H]6O)CC[C@]5(C)[C@H]4CC[C@]3(C)[C@H]2[C@@H]1C)CO[C@@H]1O[C@H](CO)[C@@H](O)[C@H](O)[C@H]1O. The van der Waals surface area contributed by atoms with Crippen molar-refractivity contribution in [3.63, 3.8) is 0 Å². The summed E-state index contributed by atoms with van der Waals surface area (Å²) in [6, 6.07) is 0. The van der Waals surface area contributed by atoms with Crippen LogP contribution in [0.25, 0.3) is 0 Å². The fourth-order valence-electron chi connectivity index (χ4n) is 14.1. The highest BCUT2D eigenvalue weighted by Gasteiger charge is 2.68. The van der Waals surface area contributed by atoms with Crippen molar-refractivity contribution >= 4 is 0 Å². The van der Waals surface area contributed by atoms with Crippen LogP contribution in [0.2, 0.25) is 0 Å². The molecule has 0 aromatic carbocycles. The van der Waals surface area contributed by atoms with Crippen LogP contribution in [-0.2, 0) is 33.2 Å². The zero-order chi connectivity index (χ0) is 45.5. The lowest BCUT2D eigenvalue weighted by Gasteiger charge is -2.61. The van der Waals surface area contributed by atoms with Crippen molar-refractivity contribution in [1.29, 1.82) is 0 Å². The summed E-state index contributed by atoms with van der Waals surface area (Å²) in [7, 11) is 0. The average Bonchev–Trinajstić information content (AvgIpc) is 3.70. The highest BCUT2D eigenvalue weighted by Crippen LogP contribution is 2.71. The molecule has 2 unspecified atom stereocenters. The number of aliphatic hydroxyl groups is 11. The molecule has 11 N–H and O–H groups in total. The van der Waals surface area contributed by atoms with E-state index in [9.17, 15) is 56.2 Å². The van der Waals surface area contributed by atoms with Crippen LogP contribution in [0.4, 0.5) is 0 Å². The number of aliphatic hydroxyl groups excluding tert-OH is 10. The van der Waals surface area contributed by atoms with Gasteiger partial charge in [0.1, 0.15) is 67.1 Å². The summed E-state index contributed by atoms with van der Waals surface area (Å²) >= 11 is 0. The Hall–Kier alpha value is -0.720. The summed E-state index contributed by atoms with van der Waals surface area (Å²) in [6.45, 7) is 9.55. The second kappa shape index (κ2) is 18.6. The van der Waals surface area contributed by atoms with Gasteiger partial charge in [0.15, 0.2) is 24.7 Å². The smallest absolute Gasteiger partial charge is 0.187 e. The molecular formula is C45H76O18. The molecule has 8 fully saturated rings. The van der Waals surface area contributed by atoms with E-state index in [2.05, 4.69) is 20.8 Å². The van der Waals surface area contributed by atoms with Crippen LogP contribution in [0.15, 0.2) is 0 Å². The quantitative estimate of drug-likeness (QED) is 0.107. The lowest BCUT2D eigenvalue weighted by molar-refractivity contribution is -0.361. The molecule has 4 heterocycles. The summed E-state index contributed by atoms with van der Waals surface area (Å²) in [5, 5.41) is 116. The molecular weight excluding hydrogens is 828 g/mol. The molecule has 0 bridgehead atoms. The molecule has 8 aliphatic rings. The van der Waals surface area contributed by atoms with Gasteiger partial charge in [-0.25, -0.2) is 0 Å². The lowest BCUT2D eigenvalue weighted by Crippen LogP contribution is -2.64. The third-order valence-electron chi connectivity index (χ3n) is 17.9. The maximum absolute atomic E-state index is 12.0. The Balaban J connectivity index is 0.836. The van der Waals surface area contributed by atoms with E-state index in [0.717, 1.165) is 51.4 Å². The normalized spacial score (nSPS) is 56.3. The third kappa shape index (κ3) is 8.60. The highest BCUT2D eigenvalue weighted by molar-refractivity contribution is 5.15. The Morgan fingerprint density at radius 1 is 0.651 bits per heavy atom. The van der Waals surface area contributed by atoms with Gasteiger partial charge in [0.25, 0.3) is 0 Å². The fraction of sp³-hybridized carbons (Fsp3) is 1.00. The summed E-state index contributed by atoms with van der Waals surface area (Å²) < 4.78 is 41.7. The van der Waals surface area contributed by atoms with Gasteiger partial charge in [-0.05, 0) is 111 Å². The van der Waals surface area contributed by atoms with Crippen LogP contribution in [0, 0.1) is 52.3 Å². The van der Waals surface area contributed by atoms with Crippen molar-refractivity contribution in [2.75, 3.05) is 19.8 Å². The highest BCUT2D eigenvalue weighted by atomic mass is 16.7. The molecule has 8 rings (SSSR count). The Morgan fingerprint density at radius 2 is 1.29 bits per heavy atom. The molecule has 18 heteroatoms. The number of hydrogen-bond donors (Lipinski definition) is 11. The molecule has 4 aliphatic carbocycles. The van der Waals surface area contributed by atoms with Gasteiger partial charge < -0.3 is 89.3 Å². The molecule has 364 valence electrons. The maximum Gasteiger partial charge on any atom is 0.187 e. The standard InChI is InChI=1S/C45H76O18/c1-19(18-57-40-36(53)34(51)32(49)28(16-46)60-40)8-13-45(56)20(2)30-27(63-45)15-26-24-7-6-22-14-23(9-11-43(22,4)25(24)10-12-44(26,30)5)59-42-38(55)35(52)39(29(17-47)61-42)62-41-37(54)33(50)31(48)21(3)58-41/h19-42,46-56H,6-18H2,1-5H3/t19-,20-,21-,22?,23-,24+,25-,26-,27-,28+,29+,30-,31-,32+,33+,34-,35+,36+,37+,38+,39+,40+,41-,42+,43-,44-,45?/m0/s1. The molecule has 0 aromatic rings. The van der Waals surface area contributed by atoms with Gasteiger partial charge in [0.2, 0.25) is 0 Å². The molecule has 0 radical (unpaired) electrons. The summed E-state index contributed by atoms with van der Waals surface area (Å²) in [5.74, 6) is 0.753. The summed E-state index contributed by atoms with van der Waals surface area (Å²) in [5.41, 5.74) is 0.120. The molecule has 4 aliphatic heterocycles. The van der Waals surface area contributed by atoms with E-state index in [-0.39, 0.29) is 47.4 Å². The van der Waals surface area contributed by atoms with Crippen molar-refractivity contribution < 1.29 is 89.3 Å². The lowest BCUT2D eigenvalue weighted by atomic mass is 9.44. The first kappa shape index (κ1) is 48.7. The minimum absolute atomic E-state index is 0.0255. The molecule has 4 saturated carbocycles. The number of fused-ring (bicyclic) bond motifs is 7. The van der Waals surface area contributed by atoms with Gasteiger partial charge in [0, 0.05) is 12.3 Å². The largest absolute Gasteiger partial charge is 0.394 e. The first-order valence-electron chi connectivity index (χ1n) is 23.7. The van der Waals surface area contributed by atoms with Gasteiger partial charge in [-0.15, -0.1) is 0 Å². The zero-order valence-corrected chi connectivity index (χ0v) is 37.3. The minimum Gasteiger partial charge on any atom is -0.394 e. The van der Waals surface area contributed by atoms with Gasteiger partial charge >= 0.3 is 0 Å². The Morgan fingerprint density at radius 3 is 2.00 bits per heavy atom. The van der Waals surface area contributed by atoms with Crippen LogP contribution in [0.3, 0.4) is 0 Å². The van der Waals surface area contributed by atoms with Gasteiger partial charge in [-0.1, -0.05) is 27.7 Å². The first-order chi connectivity index (χ1) is 29.8. The molecule has 0 spiro atoms. The van der Waals surface area contributed by atoms with Crippen LogP contribution < -0.4 is 0 Å². The first-order valence-corrected chi connectivity index (χ1v) is 23.7. The number of hydrogen-bond acceptors (Lipinski definition) is 18. The second-order valence-electron chi connectivity index (χ2n) is 21.4. The van der Waals surface area contributed by atoms with Crippen molar-refractivity contribution in [2.45, 2.75) is 209 Å². The Kier molecular flexibility index (Phi) is 14.4. The second-order valence-corrected chi connectivity index (χ2v) is 21.4. The fourth-order valence-corrected chi connectivity index (χ4v) is 14.1. The molecule has 0 aromatic heterocycles. The van der Waals surface area contributed by atoms with E-state index < -0.39 is 111 Å². The van der Waals surface area contributed by atoms with E-state index >= 15 is 0 Å². The zero-order valence-electron chi connectivity index (χ0n) is 37.3. The molecule has 27 atom stereocenters. The molecule has 0 amide bonds. The van der Waals surface area contributed by atoms with E-state index in [0.29, 0.717) is 36.5 Å². The van der Waals surface area contributed by atoms with Crippen LogP contribution >= 0.6 is 0 Å². The van der Waals surface area contributed by atoms with Crippen molar-refractivity contribution in [2.24, 2.45) is 52.3 Å². The van der Waals surface area contributed by atoms with Crippen LogP contribution in [0.1, 0.15) is 98.8 Å². The number of ether oxygens (including phenoxy) is 7. The molecule has 4 saturated heterocycles. The maximum atomic E-state index is 12.0. The predicted molar refractivity (Wildman–Crippen MR) is 218 cm³/mol. The minimum atomic E-state index is -1.64. The van der Waals surface area contributed by atoms with E-state index in [1.54, 1.807) is 0 Å². The monoisotopic (exact) mass is 905 g/mol. The molecule has 18 nitrogen and oxygen atoms in total. The topological polar surface area (TPSA) is 287 Å². The van der Waals surface area contributed by atoms with E-state index in [4.69, 9.17) is 33.2 Å². The van der Waals surface area contributed by atoms with Crippen LogP contribution in [0.5, 0.6) is 0 Å². The van der Waals surface area contributed by atoms with Gasteiger partial charge in [-0.3, -0.25) is 0 Å². The summed E-state index contributed by atoms with van der Waals surface area (Å²) in [4.78, 5) is 0. The van der Waals surface area contributed by atoms with Crippen molar-refractivity contribution in [1.82, 2.24) is 0 Å². The number of rotatable bonds is 12. The summed E-state index contributed by atoms with van der Waals surface area (Å²) in [6.07, 6.45) is -11.9. The Labute approximate surface area is 369 Å². The van der Waals surface area contributed by atoms with E-state index in [1.807, 2.05) is 6.92 Å². The average molecular weight is 905 g/mol. The Bertz CT molecular complexity index is 1540. The molecule has 63 heavy (non-hydrogen) atoms. The van der Waals surface area contributed by atoms with Crippen molar-refractivity contribution in [3.8, 4) is 0 Å². The van der Waals surface area contributed by atoms with Crippen LogP contribution in [-0.4, -0.2) is 186 Å². The third-order valence-corrected chi connectivity index (χ3v) is 17.9. The predicted octanol–water partition coefficient (Wildman–Crippen LogP) is -0.752.